The minimum absolute atomic E-state index is 0.500. The third-order valence-electron chi connectivity index (χ3n) is 1.74. The van der Waals surface area contributed by atoms with Crippen LogP contribution in [0.4, 0.5) is 0 Å². The first kappa shape index (κ1) is 13.1. The normalized spacial score (nSPS) is 9.21. The number of nitrogens with zero attached hydrogens (tertiary/aromatic N) is 2. The van der Waals surface area contributed by atoms with Crippen LogP contribution in [0.1, 0.15) is 13.3 Å². The number of nitrogens with one attached hydrogen (secondary N) is 1. The van der Waals surface area contributed by atoms with Gasteiger partial charge in [-0.1, -0.05) is 0 Å². The molecule has 0 aromatic rings. The Kier molecular flexibility index (Phi) is 8.19. The number of ether oxygens (including phenoxy) is 1. The maximum absolute atomic E-state index is 8.45. The molecule has 0 unspecified atom stereocenters. The Bertz CT molecular complexity index is 203. The summed E-state index contributed by atoms with van der Waals surface area (Å²) in [6, 6.07) is 2.10. The molecule has 0 aromatic heterocycles. The van der Waals surface area contributed by atoms with Crippen LogP contribution in [0.2, 0.25) is 0 Å². The molecular formula is C9H17N3OS. The highest BCUT2D eigenvalue weighted by atomic mass is 32.1. The van der Waals surface area contributed by atoms with E-state index in [-0.39, 0.29) is 0 Å². The molecule has 0 aliphatic rings. The average molecular weight is 215 g/mol. The van der Waals surface area contributed by atoms with Crippen molar-refractivity contribution < 1.29 is 4.74 Å². The lowest BCUT2D eigenvalue weighted by molar-refractivity contribution is 0.203. The van der Waals surface area contributed by atoms with Crippen LogP contribution in [0.5, 0.6) is 0 Å². The van der Waals surface area contributed by atoms with Gasteiger partial charge in [0.1, 0.15) is 0 Å². The third-order valence-corrected chi connectivity index (χ3v) is 2.15. The zero-order valence-corrected chi connectivity index (χ0v) is 9.56. The van der Waals surface area contributed by atoms with E-state index in [1.807, 2.05) is 11.8 Å². The second-order valence-corrected chi connectivity index (χ2v) is 3.10. The predicted octanol–water partition coefficient (Wildman–Crippen LogP) is 0.743. The summed E-state index contributed by atoms with van der Waals surface area (Å²) < 4.78 is 4.89. The van der Waals surface area contributed by atoms with Gasteiger partial charge in [0.25, 0.3) is 0 Å². The smallest absolute Gasteiger partial charge is 0.169 e. The van der Waals surface area contributed by atoms with Crippen LogP contribution >= 0.6 is 12.2 Å². The van der Waals surface area contributed by atoms with E-state index >= 15 is 0 Å². The van der Waals surface area contributed by atoms with E-state index in [4.69, 9.17) is 22.2 Å². The molecule has 0 fully saturated rings. The van der Waals surface area contributed by atoms with Crippen molar-refractivity contribution in [2.75, 3.05) is 33.4 Å². The molecule has 0 rings (SSSR count). The Morgan fingerprint density at radius 3 is 2.86 bits per heavy atom. The van der Waals surface area contributed by atoms with Crippen LogP contribution in [0.15, 0.2) is 0 Å². The quantitative estimate of drug-likeness (QED) is 0.523. The van der Waals surface area contributed by atoms with Gasteiger partial charge in [-0.05, 0) is 19.1 Å². The highest BCUT2D eigenvalue weighted by molar-refractivity contribution is 7.80. The molecule has 0 aromatic carbocycles. The molecule has 1 N–H and O–H groups in total. The van der Waals surface area contributed by atoms with Gasteiger partial charge in [0.15, 0.2) is 5.11 Å². The van der Waals surface area contributed by atoms with Crippen LogP contribution in [-0.2, 0) is 4.74 Å². The minimum atomic E-state index is 0.500. The van der Waals surface area contributed by atoms with Crippen LogP contribution in [0.25, 0.3) is 0 Å². The maximum Gasteiger partial charge on any atom is 0.169 e. The zero-order valence-electron chi connectivity index (χ0n) is 8.75. The summed E-state index contributed by atoms with van der Waals surface area (Å²) in [5, 5.41) is 12.2. The molecule has 0 aliphatic carbocycles. The number of rotatable bonds is 6. The van der Waals surface area contributed by atoms with E-state index in [0.717, 1.165) is 6.54 Å². The molecule has 4 nitrogen and oxygen atoms in total. The fourth-order valence-corrected chi connectivity index (χ4v) is 1.28. The second kappa shape index (κ2) is 8.73. The number of nitriles is 1. The van der Waals surface area contributed by atoms with Crippen molar-refractivity contribution in [3.63, 3.8) is 0 Å². The van der Waals surface area contributed by atoms with Crippen molar-refractivity contribution in [1.82, 2.24) is 10.2 Å². The molecule has 0 spiro atoms. The molecule has 80 valence electrons. The Balaban J connectivity index is 3.74. The molecule has 0 heterocycles. The van der Waals surface area contributed by atoms with Gasteiger partial charge < -0.3 is 15.0 Å². The SMILES string of the molecule is CCN(CCC#N)C(=S)NCCOC. The molecule has 0 amide bonds. The standard InChI is InChI=1S/C9H17N3OS/c1-3-12(7-4-5-10)9(14)11-6-8-13-2/h3-4,6-8H2,1-2H3,(H,11,14). The highest BCUT2D eigenvalue weighted by Gasteiger charge is 2.05. The van der Waals surface area contributed by atoms with Crippen LogP contribution in [-0.4, -0.2) is 43.4 Å². The molecule has 5 heteroatoms. The topological polar surface area (TPSA) is 48.3 Å². The van der Waals surface area contributed by atoms with Gasteiger partial charge in [0, 0.05) is 26.7 Å². The van der Waals surface area contributed by atoms with Crippen LogP contribution in [0.3, 0.4) is 0 Å². The lowest BCUT2D eigenvalue weighted by Gasteiger charge is -2.23. The molecular weight excluding hydrogens is 198 g/mol. The van der Waals surface area contributed by atoms with Crippen molar-refractivity contribution in [3.05, 3.63) is 0 Å². The second-order valence-electron chi connectivity index (χ2n) is 2.71. The lowest BCUT2D eigenvalue weighted by Crippen LogP contribution is -2.41. The van der Waals surface area contributed by atoms with Gasteiger partial charge in [0.05, 0.1) is 19.1 Å². The average Bonchev–Trinajstić information content (AvgIpc) is 2.19. The first-order chi connectivity index (χ1) is 6.76. The molecule has 0 atom stereocenters. The summed E-state index contributed by atoms with van der Waals surface area (Å²) in [5.74, 6) is 0. The molecule has 0 saturated heterocycles. The summed E-state index contributed by atoms with van der Waals surface area (Å²) >= 11 is 5.15. The van der Waals surface area contributed by atoms with E-state index in [1.54, 1.807) is 7.11 Å². The Labute approximate surface area is 90.8 Å². The highest BCUT2D eigenvalue weighted by Crippen LogP contribution is 1.91. The number of hydrogen-bond acceptors (Lipinski definition) is 3. The monoisotopic (exact) mass is 215 g/mol. The molecule has 0 aliphatic heterocycles. The summed E-state index contributed by atoms with van der Waals surface area (Å²) in [7, 11) is 1.65. The van der Waals surface area contributed by atoms with E-state index < -0.39 is 0 Å². The summed E-state index contributed by atoms with van der Waals surface area (Å²) in [6.07, 6.45) is 0.500. The third kappa shape index (κ3) is 5.73. The largest absolute Gasteiger partial charge is 0.383 e. The zero-order chi connectivity index (χ0) is 10.8. The van der Waals surface area contributed by atoms with Crippen molar-refractivity contribution in [1.29, 1.82) is 5.26 Å². The predicted molar refractivity (Wildman–Crippen MR) is 60.0 cm³/mol. The fourth-order valence-electron chi connectivity index (χ4n) is 0.960. The van der Waals surface area contributed by atoms with Crippen molar-refractivity contribution in [3.8, 4) is 6.07 Å². The van der Waals surface area contributed by atoms with Crippen LogP contribution < -0.4 is 5.32 Å². The Morgan fingerprint density at radius 1 is 1.64 bits per heavy atom. The van der Waals surface area contributed by atoms with Gasteiger partial charge in [-0.3, -0.25) is 0 Å². The van der Waals surface area contributed by atoms with Crippen molar-refractivity contribution in [2.24, 2.45) is 0 Å². The molecule has 0 radical (unpaired) electrons. The van der Waals surface area contributed by atoms with Gasteiger partial charge in [-0.15, -0.1) is 0 Å². The van der Waals surface area contributed by atoms with Gasteiger partial charge in [-0.25, -0.2) is 0 Å². The maximum atomic E-state index is 8.45. The first-order valence-electron chi connectivity index (χ1n) is 4.64. The fraction of sp³-hybridized carbons (Fsp3) is 0.778. The number of methoxy groups -OCH3 is 1. The van der Waals surface area contributed by atoms with E-state index in [1.165, 1.54) is 0 Å². The van der Waals surface area contributed by atoms with E-state index in [9.17, 15) is 0 Å². The number of hydrogen-bond donors (Lipinski definition) is 1. The Morgan fingerprint density at radius 2 is 2.36 bits per heavy atom. The van der Waals surface area contributed by atoms with Crippen molar-refractivity contribution in [2.45, 2.75) is 13.3 Å². The molecule has 14 heavy (non-hydrogen) atoms. The number of thiocarbonyl (C=S) groups is 1. The Hall–Kier alpha value is -0.860. The van der Waals surface area contributed by atoms with Gasteiger partial charge >= 0.3 is 0 Å². The van der Waals surface area contributed by atoms with E-state index in [2.05, 4.69) is 11.4 Å². The lowest BCUT2D eigenvalue weighted by atomic mass is 10.4. The molecule has 0 saturated carbocycles. The molecule has 0 bridgehead atoms. The summed E-state index contributed by atoms with van der Waals surface area (Å²) in [5.41, 5.74) is 0. The minimum Gasteiger partial charge on any atom is -0.383 e. The van der Waals surface area contributed by atoms with Crippen molar-refractivity contribution >= 4 is 17.3 Å². The van der Waals surface area contributed by atoms with Gasteiger partial charge in [0.2, 0.25) is 0 Å². The van der Waals surface area contributed by atoms with E-state index in [0.29, 0.717) is 31.2 Å². The van der Waals surface area contributed by atoms with Crippen LogP contribution in [0, 0.1) is 11.3 Å². The summed E-state index contributed by atoms with van der Waals surface area (Å²) in [6.45, 7) is 4.86. The first-order valence-corrected chi connectivity index (χ1v) is 5.05. The van der Waals surface area contributed by atoms with Gasteiger partial charge in [-0.2, -0.15) is 5.26 Å². The summed E-state index contributed by atoms with van der Waals surface area (Å²) in [4.78, 5) is 1.97.